The fourth-order valence-electron chi connectivity index (χ4n) is 4.29. The molecule has 2 aromatic rings. The summed E-state index contributed by atoms with van der Waals surface area (Å²) >= 11 is 0.867. The second-order valence-corrected chi connectivity index (χ2v) is 8.37. The number of benzene rings is 1. The van der Waals surface area contributed by atoms with E-state index in [4.69, 9.17) is 10.4 Å². The first-order chi connectivity index (χ1) is 15.3. The van der Waals surface area contributed by atoms with Crippen molar-refractivity contribution in [1.29, 1.82) is 0 Å². The summed E-state index contributed by atoms with van der Waals surface area (Å²) in [7, 11) is 0. The molecule has 32 heavy (non-hydrogen) atoms. The Morgan fingerprint density at radius 2 is 1.97 bits per heavy atom. The third-order valence-electron chi connectivity index (χ3n) is 5.61. The zero-order valence-corrected chi connectivity index (χ0v) is 18.0. The minimum absolute atomic E-state index is 0.0145. The Balaban J connectivity index is 1.83. The maximum Gasteiger partial charge on any atom is 0.737 e. The summed E-state index contributed by atoms with van der Waals surface area (Å²) in [5.41, 5.74) is 3.48. The van der Waals surface area contributed by atoms with E-state index in [9.17, 15) is 4.79 Å². The molecule has 0 saturated heterocycles. The highest BCUT2D eigenvalue weighted by atomic mass is 32.2. The minimum atomic E-state index is -4.27. The number of allylic oxidation sites excluding steroid dienone is 2. The molecular formula is C21H21BF2N2O5S. The smallest absolute Gasteiger partial charge is 0.481 e. The Hall–Kier alpha value is -2.73. The summed E-state index contributed by atoms with van der Waals surface area (Å²) in [4.78, 5) is 11.1. The van der Waals surface area contributed by atoms with Crippen LogP contribution in [0.15, 0.2) is 53.7 Å². The number of aryl methyl sites for hydroxylation is 2. The maximum atomic E-state index is 16.1. The SMILES string of the molecule is Cc1cc(CCC(=O)O)n2c1C=C1C(CCSOOO)=CC(c3ccccc3)=[N+]1[B-]2(F)F. The Labute approximate surface area is 187 Å². The van der Waals surface area contributed by atoms with Gasteiger partial charge in [-0.2, -0.15) is 0 Å². The third kappa shape index (κ3) is 4.04. The van der Waals surface area contributed by atoms with Gasteiger partial charge in [0.1, 0.15) is 0 Å². The molecule has 0 unspecified atom stereocenters. The van der Waals surface area contributed by atoms with E-state index in [1.807, 2.05) is 6.07 Å². The molecule has 0 spiro atoms. The molecule has 7 nitrogen and oxygen atoms in total. The molecule has 2 aliphatic rings. The van der Waals surface area contributed by atoms with E-state index >= 15 is 8.63 Å². The van der Waals surface area contributed by atoms with Crippen molar-refractivity contribution in [2.75, 3.05) is 5.75 Å². The number of hydrogen-bond donors (Lipinski definition) is 2. The van der Waals surface area contributed by atoms with Gasteiger partial charge in [0.25, 0.3) is 0 Å². The van der Waals surface area contributed by atoms with E-state index in [0.717, 1.165) is 21.0 Å². The molecule has 4 rings (SSSR count). The highest BCUT2D eigenvalue weighted by Crippen LogP contribution is 2.39. The number of rotatable bonds is 9. The molecule has 0 fully saturated rings. The molecule has 0 saturated carbocycles. The van der Waals surface area contributed by atoms with E-state index in [2.05, 4.69) is 9.37 Å². The molecule has 2 N–H and O–H groups in total. The summed E-state index contributed by atoms with van der Waals surface area (Å²) in [6.07, 6.45) is 3.67. The van der Waals surface area contributed by atoms with Gasteiger partial charge in [0.05, 0.1) is 6.42 Å². The van der Waals surface area contributed by atoms with Gasteiger partial charge in [0.15, 0.2) is 11.4 Å². The molecule has 3 heterocycles. The first-order valence-electron chi connectivity index (χ1n) is 10.0. The van der Waals surface area contributed by atoms with Crippen LogP contribution in [0.25, 0.3) is 6.08 Å². The average Bonchev–Trinajstić information content (AvgIpc) is 3.30. The van der Waals surface area contributed by atoms with Crippen molar-refractivity contribution in [1.82, 2.24) is 4.48 Å². The van der Waals surface area contributed by atoms with Crippen LogP contribution in [0.4, 0.5) is 8.63 Å². The zero-order chi connectivity index (χ0) is 22.9. The Morgan fingerprint density at radius 1 is 1.22 bits per heavy atom. The molecule has 11 heteroatoms. The summed E-state index contributed by atoms with van der Waals surface area (Å²) in [6.45, 7) is -2.52. The van der Waals surface area contributed by atoms with Crippen LogP contribution in [0.2, 0.25) is 0 Å². The van der Waals surface area contributed by atoms with Gasteiger partial charge in [0, 0.05) is 46.8 Å². The van der Waals surface area contributed by atoms with Crippen LogP contribution in [-0.4, -0.2) is 43.7 Å². The molecule has 1 aromatic carbocycles. The molecule has 0 radical (unpaired) electrons. The van der Waals surface area contributed by atoms with E-state index in [0.29, 0.717) is 51.7 Å². The van der Waals surface area contributed by atoms with Gasteiger partial charge in [-0.15, -0.1) is 4.33 Å². The van der Waals surface area contributed by atoms with Crippen molar-refractivity contribution in [3.63, 3.8) is 0 Å². The van der Waals surface area contributed by atoms with Gasteiger partial charge in [-0.1, -0.05) is 23.2 Å². The first-order valence-corrected chi connectivity index (χ1v) is 10.9. The zero-order valence-electron chi connectivity index (χ0n) is 17.2. The number of carboxylic acid groups (broad SMARTS) is 1. The standard InChI is InChI=1S/C21H21BF2N2O5S/c1-14-11-17(7-8-21(27)28)25-18(14)13-20-16(9-10-32-31-30-29)12-19(26(20)22(25,23)24)15-5-3-2-4-6-15/h2-6,11-13,29H,7-10H2,1H3,(H,27,28). The van der Waals surface area contributed by atoms with Crippen molar-refractivity contribution >= 4 is 36.8 Å². The topological polar surface area (TPSA) is 83.9 Å². The van der Waals surface area contributed by atoms with E-state index in [1.54, 1.807) is 49.4 Å². The third-order valence-corrected chi connectivity index (χ3v) is 6.14. The van der Waals surface area contributed by atoms with Crippen molar-refractivity contribution in [2.45, 2.75) is 26.2 Å². The maximum absolute atomic E-state index is 16.1. The lowest BCUT2D eigenvalue weighted by molar-refractivity contribution is -0.432. The first kappa shape index (κ1) is 22.5. The monoisotopic (exact) mass is 462 g/mol. The summed E-state index contributed by atoms with van der Waals surface area (Å²) < 4.78 is 38.7. The number of nitrogens with zero attached hydrogens (tertiary/aromatic N) is 2. The van der Waals surface area contributed by atoms with Gasteiger partial charge < -0.3 is 22.7 Å². The summed E-state index contributed by atoms with van der Waals surface area (Å²) in [5, 5.41) is 20.9. The number of aliphatic carboxylic acids is 1. The summed E-state index contributed by atoms with van der Waals surface area (Å²) in [5.74, 6) is -0.656. The molecule has 2 aliphatic heterocycles. The lowest BCUT2D eigenvalue weighted by atomic mass is 9.88. The lowest BCUT2D eigenvalue weighted by Crippen LogP contribution is -2.51. The summed E-state index contributed by atoms with van der Waals surface area (Å²) in [6, 6.07) is 10.6. The second-order valence-electron chi connectivity index (χ2n) is 7.59. The second kappa shape index (κ2) is 9.03. The number of halogens is 2. The van der Waals surface area contributed by atoms with Gasteiger partial charge in [-0.3, -0.25) is 4.79 Å². The molecule has 1 aromatic heterocycles. The van der Waals surface area contributed by atoms with Crippen molar-refractivity contribution in [2.24, 2.45) is 0 Å². The van der Waals surface area contributed by atoms with Gasteiger partial charge in [-0.25, -0.2) is 5.26 Å². The van der Waals surface area contributed by atoms with Crippen LogP contribution in [0.5, 0.6) is 0 Å². The molecular weight excluding hydrogens is 441 g/mol. The molecule has 0 aliphatic carbocycles. The largest absolute Gasteiger partial charge is 0.737 e. The van der Waals surface area contributed by atoms with E-state index in [-0.39, 0.29) is 12.8 Å². The highest BCUT2D eigenvalue weighted by Gasteiger charge is 2.54. The minimum Gasteiger partial charge on any atom is -0.481 e. The molecule has 0 atom stereocenters. The van der Waals surface area contributed by atoms with Crippen molar-refractivity contribution in [3.05, 3.63) is 76.3 Å². The van der Waals surface area contributed by atoms with Crippen LogP contribution in [0.3, 0.4) is 0 Å². The molecule has 168 valence electrons. The number of aromatic nitrogens is 1. The van der Waals surface area contributed by atoms with Crippen LogP contribution in [0.1, 0.15) is 35.4 Å². The number of carboxylic acids is 1. The molecule has 0 amide bonds. The van der Waals surface area contributed by atoms with Gasteiger partial charge in [0.2, 0.25) is 0 Å². The van der Waals surface area contributed by atoms with Crippen molar-refractivity contribution < 1.29 is 37.6 Å². The highest BCUT2D eigenvalue weighted by molar-refractivity contribution is 7.94. The molecule has 0 bridgehead atoms. The Morgan fingerprint density at radius 3 is 2.66 bits per heavy atom. The number of carbonyl (C=O) groups is 1. The van der Waals surface area contributed by atoms with Crippen LogP contribution < -0.4 is 0 Å². The van der Waals surface area contributed by atoms with E-state index < -0.39 is 12.9 Å². The van der Waals surface area contributed by atoms with Gasteiger partial charge >= 0.3 is 12.9 Å². The normalized spacial score (nSPS) is 16.5. The number of fused-ring (bicyclic) bond motifs is 2. The Kier molecular flexibility index (Phi) is 6.34. The van der Waals surface area contributed by atoms with Crippen LogP contribution >= 0.6 is 12.0 Å². The predicted octanol–water partition coefficient (Wildman–Crippen LogP) is 4.29. The average molecular weight is 462 g/mol. The fraction of sp³-hybridized carbons (Fsp3) is 0.238. The fourth-order valence-corrected chi connectivity index (χ4v) is 4.70. The number of hydrogen-bond acceptors (Lipinski definition) is 5. The van der Waals surface area contributed by atoms with Crippen LogP contribution in [-0.2, 0) is 20.6 Å². The quantitative estimate of drug-likeness (QED) is 0.190. The van der Waals surface area contributed by atoms with E-state index in [1.165, 1.54) is 0 Å². The van der Waals surface area contributed by atoms with Crippen molar-refractivity contribution in [3.8, 4) is 0 Å². The predicted molar refractivity (Wildman–Crippen MR) is 117 cm³/mol. The Bertz CT molecular complexity index is 1140. The lowest BCUT2D eigenvalue weighted by Gasteiger charge is -2.31. The van der Waals surface area contributed by atoms with Crippen LogP contribution in [0, 0.1) is 6.92 Å². The van der Waals surface area contributed by atoms with Gasteiger partial charge in [-0.05, 0) is 49.2 Å².